The molecule has 5 nitrogen and oxygen atoms in total. The summed E-state index contributed by atoms with van der Waals surface area (Å²) in [4.78, 5) is 11.3. The molecule has 21 heavy (non-hydrogen) atoms. The van der Waals surface area contributed by atoms with Crippen LogP contribution in [0.15, 0.2) is 30.4 Å². The summed E-state index contributed by atoms with van der Waals surface area (Å²) in [6, 6.07) is 3.73. The molecule has 0 heterocycles. The summed E-state index contributed by atoms with van der Waals surface area (Å²) < 4.78 is 4.85. The summed E-state index contributed by atoms with van der Waals surface area (Å²) in [7, 11) is 0. The number of carbonyl (C=O) groups excluding carboxylic acids is 1. The number of nitrogens with two attached hydrogens (primary N) is 2. The Hall–Kier alpha value is -2.27. The number of nitrogen functional groups attached to an aromatic ring is 1. The maximum absolute atomic E-state index is 11.3. The second-order valence-electron chi connectivity index (χ2n) is 4.52. The van der Waals surface area contributed by atoms with Gasteiger partial charge in [-0.2, -0.15) is 0 Å². The van der Waals surface area contributed by atoms with Crippen LogP contribution in [0.5, 0.6) is 0 Å². The fourth-order valence-electron chi connectivity index (χ4n) is 1.83. The highest BCUT2D eigenvalue weighted by Crippen LogP contribution is 2.28. The fourth-order valence-corrected chi connectivity index (χ4v) is 1.83. The van der Waals surface area contributed by atoms with Crippen LogP contribution < -0.4 is 16.6 Å². The van der Waals surface area contributed by atoms with Gasteiger partial charge in [-0.15, -0.1) is 0 Å². The van der Waals surface area contributed by atoms with E-state index in [1.165, 1.54) is 6.08 Å². The van der Waals surface area contributed by atoms with Crippen LogP contribution in [-0.4, -0.2) is 19.1 Å². The minimum absolute atomic E-state index is 0.357. The zero-order valence-corrected chi connectivity index (χ0v) is 12.8. The predicted octanol–water partition coefficient (Wildman–Crippen LogP) is 2.41. The van der Waals surface area contributed by atoms with E-state index >= 15 is 0 Å². The van der Waals surface area contributed by atoms with Crippen molar-refractivity contribution >= 4 is 23.4 Å². The molecule has 1 aromatic rings. The largest absolute Gasteiger partial charge is 0.463 e. The number of hydrogen-bond donors (Lipinski definition) is 2. The summed E-state index contributed by atoms with van der Waals surface area (Å²) in [5, 5.41) is 1.58. The van der Waals surface area contributed by atoms with Crippen LogP contribution in [0, 0.1) is 6.92 Å². The second-order valence-corrected chi connectivity index (χ2v) is 4.52. The van der Waals surface area contributed by atoms with Gasteiger partial charge < -0.3 is 15.5 Å². The number of ether oxygens (including phenoxy) is 1. The Morgan fingerprint density at radius 1 is 1.43 bits per heavy atom. The number of allylic oxidation sites excluding steroid dienone is 1. The molecule has 0 atom stereocenters. The number of nitrogens with zero attached hydrogens (tertiary/aromatic N) is 1. The van der Waals surface area contributed by atoms with E-state index in [1.807, 2.05) is 38.1 Å². The van der Waals surface area contributed by atoms with Crippen molar-refractivity contribution in [3.8, 4) is 0 Å². The molecule has 0 fully saturated rings. The molecule has 0 aliphatic rings. The molecule has 4 N–H and O–H groups in total. The van der Waals surface area contributed by atoms with E-state index in [0.29, 0.717) is 18.8 Å². The van der Waals surface area contributed by atoms with Crippen molar-refractivity contribution < 1.29 is 9.53 Å². The monoisotopic (exact) mass is 289 g/mol. The van der Waals surface area contributed by atoms with Crippen molar-refractivity contribution in [3.63, 3.8) is 0 Å². The van der Waals surface area contributed by atoms with Crippen molar-refractivity contribution in [1.29, 1.82) is 0 Å². The summed E-state index contributed by atoms with van der Waals surface area (Å²) in [6.07, 6.45) is 6.97. The Balaban J connectivity index is 2.97. The fraction of sp³-hybridized carbons (Fsp3) is 0.312. The molecule has 0 aliphatic heterocycles. The maximum atomic E-state index is 11.3. The number of anilines is 2. The first-order chi connectivity index (χ1) is 10.0. The zero-order valence-electron chi connectivity index (χ0n) is 12.8. The van der Waals surface area contributed by atoms with Crippen LogP contribution >= 0.6 is 0 Å². The van der Waals surface area contributed by atoms with Crippen LogP contribution in [0.3, 0.4) is 0 Å². The molecule has 0 aromatic heterocycles. The molecule has 0 bridgehead atoms. The van der Waals surface area contributed by atoms with Gasteiger partial charge in [0.25, 0.3) is 0 Å². The Morgan fingerprint density at radius 2 is 2.14 bits per heavy atom. The van der Waals surface area contributed by atoms with Crippen molar-refractivity contribution in [2.75, 3.05) is 23.9 Å². The Labute approximate surface area is 125 Å². The highest BCUT2D eigenvalue weighted by Gasteiger charge is 2.09. The van der Waals surface area contributed by atoms with Gasteiger partial charge >= 0.3 is 5.97 Å². The van der Waals surface area contributed by atoms with E-state index in [1.54, 1.807) is 18.0 Å². The van der Waals surface area contributed by atoms with E-state index in [0.717, 1.165) is 16.8 Å². The van der Waals surface area contributed by atoms with Gasteiger partial charge in [-0.25, -0.2) is 10.6 Å². The number of carbonyl (C=O) groups is 1. The molecule has 1 rings (SSSR count). The van der Waals surface area contributed by atoms with Crippen LogP contribution in [-0.2, 0) is 9.53 Å². The van der Waals surface area contributed by atoms with E-state index in [2.05, 4.69) is 0 Å². The summed E-state index contributed by atoms with van der Waals surface area (Å²) in [5.74, 6) is 5.61. The van der Waals surface area contributed by atoms with E-state index in [4.69, 9.17) is 16.3 Å². The van der Waals surface area contributed by atoms with Gasteiger partial charge in [0.2, 0.25) is 0 Å². The van der Waals surface area contributed by atoms with E-state index in [9.17, 15) is 4.79 Å². The van der Waals surface area contributed by atoms with Gasteiger partial charge in [-0.3, -0.25) is 0 Å². The Kier molecular flexibility index (Phi) is 6.49. The zero-order chi connectivity index (χ0) is 15.8. The summed E-state index contributed by atoms with van der Waals surface area (Å²) in [6.45, 7) is 6.54. The minimum atomic E-state index is -0.368. The third-order valence-electron chi connectivity index (χ3n) is 3.07. The standard InChI is InChI=1S/C16H23N3O2/c1-4-6-11-19(18)14-9-7-13(12(3)16(14)17)8-10-15(20)21-5-2/h4,6-10H,5,11,17-18H2,1-3H3/b6-4+,10-8+. The van der Waals surface area contributed by atoms with Crippen molar-refractivity contribution in [3.05, 3.63) is 41.5 Å². The van der Waals surface area contributed by atoms with Crippen molar-refractivity contribution in [2.24, 2.45) is 5.84 Å². The van der Waals surface area contributed by atoms with Crippen molar-refractivity contribution in [1.82, 2.24) is 0 Å². The van der Waals surface area contributed by atoms with Crippen LogP contribution in [0.25, 0.3) is 6.08 Å². The molecule has 0 radical (unpaired) electrons. The Morgan fingerprint density at radius 3 is 2.76 bits per heavy atom. The van der Waals surface area contributed by atoms with Gasteiger partial charge in [-0.05, 0) is 44.0 Å². The molecule has 0 amide bonds. The number of hydrazine groups is 1. The third kappa shape index (κ3) is 4.65. The van der Waals surface area contributed by atoms with Crippen LogP contribution in [0.1, 0.15) is 25.0 Å². The number of esters is 1. The molecule has 0 saturated heterocycles. The molecule has 1 aromatic carbocycles. The lowest BCUT2D eigenvalue weighted by Crippen LogP contribution is -2.31. The molecule has 0 aliphatic carbocycles. The number of hydrogen-bond acceptors (Lipinski definition) is 5. The SMILES string of the molecule is C/C=C/CN(N)c1ccc(/C=C/C(=O)OCC)c(C)c1N. The average molecular weight is 289 g/mol. The molecule has 5 heteroatoms. The third-order valence-corrected chi connectivity index (χ3v) is 3.07. The molecule has 114 valence electrons. The maximum Gasteiger partial charge on any atom is 0.330 e. The first kappa shape index (κ1) is 16.8. The van der Waals surface area contributed by atoms with E-state index < -0.39 is 0 Å². The lowest BCUT2D eigenvalue weighted by molar-refractivity contribution is -0.137. The highest BCUT2D eigenvalue weighted by molar-refractivity contribution is 5.88. The van der Waals surface area contributed by atoms with Crippen molar-refractivity contribution in [2.45, 2.75) is 20.8 Å². The molecular formula is C16H23N3O2. The van der Waals surface area contributed by atoms with Gasteiger partial charge in [0, 0.05) is 6.08 Å². The average Bonchev–Trinajstić information content (AvgIpc) is 2.46. The summed E-state index contributed by atoms with van der Waals surface area (Å²) >= 11 is 0. The smallest absolute Gasteiger partial charge is 0.330 e. The lowest BCUT2D eigenvalue weighted by Gasteiger charge is -2.20. The predicted molar refractivity (Wildman–Crippen MR) is 87.6 cm³/mol. The molecule has 0 unspecified atom stereocenters. The quantitative estimate of drug-likeness (QED) is 0.210. The van der Waals surface area contributed by atoms with E-state index in [-0.39, 0.29) is 5.97 Å². The summed E-state index contributed by atoms with van der Waals surface area (Å²) in [5.41, 5.74) is 9.24. The van der Waals surface area contributed by atoms with Gasteiger partial charge in [-0.1, -0.05) is 18.2 Å². The second kappa shape index (κ2) is 8.11. The first-order valence-corrected chi connectivity index (χ1v) is 6.88. The first-order valence-electron chi connectivity index (χ1n) is 6.88. The normalized spacial score (nSPS) is 11.2. The lowest BCUT2D eigenvalue weighted by atomic mass is 10.0. The minimum Gasteiger partial charge on any atom is -0.463 e. The molecule has 0 spiro atoms. The molecule has 0 saturated carbocycles. The van der Waals surface area contributed by atoms with Crippen LogP contribution in [0.4, 0.5) is 11.4 Å². The Bertz CT molecular complexity index is 551. The molecular weight excluding hydrogens is 266 g/mol. The van der Waals surface area contributed by atoms with Gasteiger partial charge in [0.15, 0.2) is 0 Å². The number of benzene rings is 1. The number of rotatable bonds is 6. The van der Waals surface area contributed by atoms with Gasteiger partial charge in [0.05, 0.1) is 24.5 Å². The highest BCUT2D eigenvalue weighted by atomic mass is 16.5. The topological polar surface area (TPSA) is 81.6 Å². The van der Waals surface area contributed by atoms with Gasteiger partial charge in [0.1, 0.15) is 0 Å². The van der Waals surface area contributed by atoms with Crippen LogP contribution in [0.2, 0.25) is 0 Å².